The summed E-state index contributed by atoms with van der Waals surface area (Å²) in [5, 5.41) is 10.7. The summed E-state index contributed by atoms with van der Waals surface area (Å²) in [5.74, 6) is -1.03. The normalized spacial score (nSPS) is 11.2. The number of hydrogen-bond acceptors (Lipinski definition) is 3. The quantitative estimate of drug-likeness (QED) is 0.432. The van der Waals surface area contributed by atoms with Gasteiger partial charge in [0.15, 0.2) is 0 Å². The number of amides is 2. The molecule has 0 aromatic carbocycles. The van der Waals surface area contributed by atoms with Crippen molar-refractivity contribution in [3.05, 3.63) is 0 Å². The predicted octanol–water partition coefficient (Wildman–Crippen LogP) is -1.04. The van der Waals surface area contributed by atoms with Gasteiger partial charge in [-0.3, -0.25) is 4.79 Å². The molecule has 0 aromatic heterocycles. The van der Waals surface area contributed by atoms with Crippen LogP contribution in [-0.2, 0) is 4.79 Å². The van der Waals surface area contributed by atoms with Gasteiger partial charge >= 0.3 is 12.0 Å². The van der Waals surface area contributed by atoms with Crippen LogP contribution < -0.4 is 16.8 Å². The molecule has 1 atom stereocenters. The van der Waals surface area contributed by atoms with Crippen molar-refractivity contribution >= 4 is 25.5 Å². The van der Waals surface area contributed by atoms with Gasteiger partial charge in [-0.1, -0.05) is 0 Å². The van der Waals surface area contributed by atoms with E-state index in [4.69, 9.17) is 16.6 Å². The minimum atomic E-state index is -1.03. The molecule has 0 bridgehead atoms. The largest absolute Gasteiger partial charge is 0.480 e. The molecule has 1 unspecified atom stereocenters. The molecule has 13 heavy (non-hydrogen) atoms. The molecular weight excluding hydrogens is 194 g/mol. The lowest BCUT2D eigenvalue weighted by Crippen LogP contribution is -2.33. The Morgan fingerprint density at radius 2 is 2.00 bits per heavy atom. The van der Waals surface area contributed by atoms with Gasteiger partial charge in [0.2, 0.25) is 0 Å². The van der Waals surface area contributed by atoms with Crippen LogP contribution in [0.4, 0.5) is 4.79 Å². The molecule has 0 aliphatic rings. The molecule has 0 spiro atoms. The molecule has 0 saturated carbocycles. The van der Waals surface area contributed by atoms with Crippen molar-refractivity contribution in [1.82, 2.24) is 5.32 Å². The van der Waals surface area contributed by atoms with Gasteiger partial charge in [-0.15, -0.1) is 0 Å². The number of urea groups is 1. The molecule has 0 saturated heterocycles. The minimum Gasteiger partial charge on any atom is -0.480 e. The number of carbonyl (C=O) groups is 2. The smallest absolute Gasteiger partial charge is 0.320 e. The standard InChI is InChI=1S/C6H13N3O3.H2S/c7-4(5(10)11)2-1-3-9-6(8)12;/h4H,1-3,7H2,(H,10,11)(H3,8,9,12);1H2. The Morgan fingerprint density at radius 3 is 2.38 bits per heavy atom. The van der Waals surface area contributed by atoms with E-state index in [0.29, 0.717) is 19.4 Å². The number of carboxylic acid groups (broad SMARTS) is 1. The van der Waals surface area contributed by atoms with E-state index in [-0.39, 0.29) is 13.5 Å². The van der Waals surface area contributed by atoms with E-state index in [0.717, 1.165) is 0 Å². The lowest BCUT2D eigenvalue weighted by atomic mass is 10.2. The van der Waals surface area contributed by atoms with Crippen molar-refractivity contribution in [3.8, 4) is 0 Å². The highest BCUT2D eigenvalue weighted by Crippen LogP contribution is 1.92. The summed E-state index contributed by atoms with van der Waals surface area (Å²) in [5.41, 5.74) is 9.96. The SMILES string of the molecule is NC(=O)NCCCC(N)C(=O)O.S. The maximum absolute atomic E-state index is 10.2. The molecule has 0 fully saturated rings. The third kappa shape index (κ3) is 8.96. The summed E-state index contributed by atoms with van der Waals surface area (Å²) >= 11 is 0. The first-order valence-electron chi connectivity index (χ1n) is 3.55. The third-order valence-corrected chi connectivity index (χ3v) is 1.31. The third-order valence-electron chi connectivity index (χ3n) is 1.31. The molecular formula is C6H15N3O3S. The van der Waals surface area contributed by atoms with Crippen LogP contribution in [0.3, 0.4) is 0 Å². The Hall–Kier alpha value is -0.950. The Morgan fingerprint density at radius 1 is 1.46 bits per heavy atom. The van der Waals surface area contributed by atoms with E-state index in [1.807, 2.05) is 0 Å². The summed E-state index contributed by atoms with van der Waals surface area (Å²) in [6, 6.07) is -1.47. The van der Waals surface area contributed by atoms with Crippen LogP contribution in [0.1, 0.15) is 12.8 Å². The average Bonchev–Trinajstić information content (AvgIpc) is 1.97. The summed E-state index contributed by atoms with van der Waals surface area (Å²) in [4.78, 5) is 20.3. The summed E-state index contributed by atoms with van der Waals surface area (Å²) in [7, 11) is 0. The number of rotatable bonds is 5. The van der Waals surface area contributed by atoms with Gasteiger partial charge < -0.3 is 21.9 Å². The highest BCUT2D eigenvalue weighted by Gasteiger charge is 2.09. The highest BCUT2D eigenvalue weighted by molar-refractivity contribution is 7.59. The molecule has 0 radical (unpaired) electrons. The van der Waals surface area contributed by atoms with Crippen molar-refractivity contribution in [2.45, 2.75) is 18.9 Å². The van der Waals surface area contributed by atoms with Gasteiger partial charge in [0.25, 0.3) is 0 Å². The summed E-state index contributed by atoms with van der Waals surface area (Å²) in [6.45, 7) is 0.357. The van der Waals surface area contributed by atoms with E-state index < -0.39 is 18.0 Å². The number of hydrogen-bond donors (Lipinski definition) is 4. The van der Waals surface area contributed by atoms with Crippen molar-refractivity contribution < 1.29 is 14.7 Å². The first-order chi connectivity index (χ1) is 5.54. The monoisotopic (exact) mass is 209 g/mol. The van der Waals surface area contributed by atoms with Crippen molar-refractivity contribution in [2.24, 2.45) is 11.5 Å². The zero-order chi connectivity index (χ0) is 9.56. The van der Waals surface area contributed by atoms with Crippen LogP contribution in [0.15, 0.2) is 0 Å². The zero-order valence-electron chi connectivity index (χ0n) is 7.12. The molecule has 6 nitrogen and oxygen atoms in total. The minimum absolute atomic E-state index is 0. The number of nitrogens with one attached hydrogen (secondary N) is 1. The highest BCUT2D eigenvalue weighted by atomic mass is 32.1. The molecule has 0 aliphatic heterocycles. The van der Waals surface area contributed by atoms with E-state index in [9.17, 15) is 9.59 Å². The van der Waals surface area contributed by atoms with Crippen LogP contribution in [-0.4, -0.2) is 29.7 Å². The van der Waals surface area contributed by atoms with Crippen LogP contribution in [0.2, 0.25) is 0 Å². The first kappa shape index (κ1) is 14.6. The van der Waals surface area contributed by atoms with Gasteiger partial charge in [-0.05, 0) is 12.8 Å². The molecule has 2 amide bonds. The fourth-order valence-electron chi connectivity index (χ4n) is 0.657. The average molecular weight is 209 g/mol. The lowest BCUT2D eigenvalue weighted by Gasteiger charge is -2.05. The zero-order valence-corrected chi connectivity index (χ0v) is 8.12. The Bertz CT molecular complexity index is 177. The van der Waals surface area contributed by atoms with Crippen LogP contribution >= 0.6 is 13.5 Å². The first-order valence-corrected chi connectivity index (χ1v) is 3.55. The van der Waals surface area contributed by atoms with Gasteiger partial charge in [0.05, 0.1) is 0 Å². The van der Waals surface area contributed by atoms with Crippen LogP contribution in [0, 0.1) is 0 Å². The Balaban J connectivity index is 0. The summed E-state index contributed by atoms with van der Waals surface area (Å²) < 4.78 is 0. The van der Waals surface area contributed by atoms with Crippen molar-refractivity contribution in [3.63, 3.8) is 0 Å². The molecule has 78 valence electrons. The number of nitrogens with two attached hydrogens (primary N) is 2. The molecule has 0 aromatic rings. The molecule has 6 N–H and O–H groups in total. The van der Waals surface area contributed by atoms with Crippen molar-refractivity contribution in [2.75, 3.05) is 6.54 Å². The fraction of sp³-hybridized carbons (Fsp3) is 0.667. The van der Waals surface area contributed by atoms with E-state index in [1.165, 1.54) is 0 Å². The van der Waals surface area contributed by atoms with Crippen molar-refractivity contribution in [1.29, 1.82) is 0 Å². The second-order valence-electron chi connectivity index (χ2n) is 2.38. The molecule has 7 heteroatoms. The van der Waals surface area contributed by atoms with Crippen LogP contribution in [0.5, 0.6) is 0 Å². The van der Waals surface area contributed by atoms with Gasteiger partial charge in [-0.25, -0.2) is 4.79 Å². The lowest BCUT2D eigenvalue weighted by molar-refractivity contribution is -0.138. The van der Waals surface area contributed by atoms with Gasteiger partial charge in [0, 0.05) is 6.54 Å². The maximum atomic E-state index is 10.2. The maximum Gasteiger partial charge on any atom is 0.320 e. The second-order valence-corrected chi connectivity index (χ2v) is 2.38. The van der Waals surface area contributed by atoms with E-state index >= 15 is 0 Å². The van der Waals surface area contributed by atoms with Gasteiger partial charge in [-0.2, -0.15) is 13.5 Å². The molecule has 0 heterocycles. The molecule has 0 rings (SSSR count). The predicted molar refractivity (Wildman–Crippen MR) is 52.8 cm³/mol. The summed E-state index contributed by atoms with van der Waals surface area (Å²) in [6.07, 6.45) is 0.839. The molecule has 0 aliphatic carbocycles. The topological polar surface area (TPSA) is 118 Å². The Labute approximate surface area is 83.1 Å². The fourth-order valence-corrected chi connectivity index (χ4v) is 0.657. The number of aliphatic carboxylic acids is 1. The number of carboxylic acids is 1. The Kier molecular flexibility index (Phi) is 8.61. The van der Waals surface area contributed by atoms with E-state index in [1.54, 1.807) is 0 Å². The van der Waals surface area contributed by atoms with Crippen LogP contribution in [0.25, 0.3) is 0 Å². The number of carbonyl (C=O) groups excluding carboxylic acids is 1. The number of primary amides is 1. The van der Waals surface area contributed by atoms with E-state index in [2.05, 4.69) is 5.32 Å². The second kappa shape index (κ2) is 7.69. The van der Waals surface area contributed by atoms with Gasteiger partial charge in [0.1, 0.15) is 6.04 Å².